The van der Waals surface area contributed by atoms with Crippen molar-refractivity contribution in [3.8, 4) is 0 Å². The number of ether oxygens (including phenoxy) is 1. The topological polar surface area (TPSA) is 29.5 Å². The van der Waals surface area contributed by atoms with Crippen molar-refractivity contribution in [1.82, 2.24) is 4.90 Å². The van der Waals surface area contributed by atoms with Gasteiger partial charge in [0.05, 0.1) is 0 Å². The van der Waals surface area contributed by atoms with Crippen molar-refractivity contribution in [2.45, 2.75) is 60.5 Å². The predicted octanol–water partition coefficient (Wildman–Crippen LogP) is 3.93. The van der Waals surface area contributed by atoms with Crippen LogP contribution in [0.15, 0.2) is 0 Å². The molecule has 0 saturated carbocycles. The van der Waals surface area contributed by atoms with Crippen molar-refractivity contribution < 1.29 is 9.53 Å². The van der Waals surface area contributed by atoms with E-state index in [1.807, 2.05) is 25.7 Å². The summed E-state index contributed by atoms with van der Waals surface area (Å²) in [5, 5.41) is 0. The largest absolute Gasteiger partial charge is 0.444 e. The molecule has 0 aromatic carbocycles. The van der Waals surface area contributed by atoms with Crippen LogP contribution in [0.2, 0.25) is 0 Å². The first-order valence-electron chi connectivity index (χ1n) is 7.02. The second kappa shape index (κ2) is 5.10. The van der Waals surface area contributed by atoms with Crippen LogP contribution in [0.5, 0.6) is 0 Å². The summed E-state index contributed by atoms with van der Waals surface area (Å²) in [4.78, 5) is 14.0. The first kappa shape index (κ1) is 15.3. The summed E-state index contributed by atoms with van der Waals surface area (Å²) in [5.41, 5.74) is -0.157. The molecule has 1 rings (SSSR count). The Labute approximate surface area is 112 Å². The summed E-state index contributed by atoms with van der Waals surface area (Å²) in [7, 11) is 0. The molecule has 2 unspecified atom stereocenters. The van der Waals surface area contributed by atoms with Gasteiger partial charge in [-0.15, -0.1) is 0 Å². The number of rotatable bonds is 1. The third-order valence-electron chi connectivity index (χ3n) is 3.73. The number of likely N-dealkylation sites (tertiary alicyclic amines) is 1. The van der Waals surface area contributed by atoms with Crippen LogP contribution in [0.4, 0.5) is 4.79 Å². The predicted molar refractivity (Wildman–Crippen MR) is 74.5 cm³/mol. The first-order valence-corrected chi connectivity index (χ1v) is 7.02. The monoisotopic (exact) mass is 255 g/mol. The van der Waals surface area contributed by atoms with E-state index >= 15 is 0 Å². The molecule has 3 nitrogen and oxygen atoms in total. The molecule has 1 aliphatic heterocycles. The zero-order valence-electron chi connectivity index (χ0n) is 13.0. The van der Waals surface area contributed by atoms with Crippen molar-refractivity contribution >= 4 is 6.09 Å². The minimum Gasteiger partial charge on any atom is -0.444 e. The summed E-state index contributed by atoms with van der Waals surface area (Å²) < 4.78 is 5.46. The summed E-state index contributed by atoms with van der Waals surface area (Å²) in [6, 6.07) is 0. The average molecular weight is 255 g/mol. The Bertz CT molecular complexity index is 299. The Balaban J connectivity index is 2.70. The molecule has 1 fully saturated rings. The highest BCUT2D eigenvalue weighted by molar-refractivity contribution is 5.68. The second-order valence-electron chi connectivity index (χ2n) is 7.53. The van der Waals surface area contributed by atoms with Gasteiger partial charge in [0.25, 0.3) is 0 Å². The number of hydrogen-bond donors (Lipinski definition) is 0. The number of nitrogens with zero attached hydrogens (tertiary/aromatic N) is 1. The van der Waals surface area contributed by atoms with E-state index in [2.05, 4.69) is 27.7 Å². The molecule has 0 spiro atoms. The highest BCUT2D eigenvalue weighted by Crippen LogP contribution is 2.39. The maximum atomic E-state index is 12.1. The summed E-state index contributed by atoms with van der Waals surface area (Å²) in [6.07, 6.45) is 0.967. The van der Waals surface area contributed by atoms with Gasteiger partial charge in [0, 0.05) is 13.1 Å². The van der Waals surface area contributed by atoms with E-state index in [0.717, 1.165) is 19.5 Å². The molecule has 106 valence electrons. The zero-order valence-corrected chi connectivity index (χ0v) is 13.0. The van der Waals surface area contributed by atoms with Crippen molar-refractivity contribution in [3.63, 3.8) is 0 Å². The van der Waals surface area contributed by atoms with Crippen LogP contribution in [-0.2, 0) is 4.74 Å². The third-order valence-corrected chi connectivity index (χ3v) is 3.73. The molecule has 18 heavy (non-hydrogen) atoms. The Hall–Kier alpha value is -0.730. The summed E-state index contributed by atoms with van der Waals surface area (Å²) >= 11 is 0. The van der Waals surface area contributed by atoms with Gasteiger partial charge in [0.1, 0.15) is 5.60 Å². The van der Waals surface area contributed by atoms with Gasteiger partial charge in [-0.25, -0.2) is 4.79 Å². The minimum absolute atomic E-state index is 0.160. The van der Waals surface area contributed by atoms with Gasteiger partial charge >= 0.3 is 6.09 Å². The molecule has 1 saturated heterocycles. The standard InChI is InChI=1S/C15H29NO2/c1-8-11-9-16(10-12(11)14(2,3)4)13(17)18-15(5,6)7/h11-12H,8-10H2,1-7H3. The fourth-order valence-corrected chi connectivity index (χ4v) is 2.74. The average Bonchev–Trinajstić information content (AvgIpc) is 2.57. The fourth-order valence-electron chi connectivity index (χ4n) is 2.74. The molecule has 1 heterocycles. The van der Waals surface area contributed by atoms with E-state index in [-0.39, 0.29) is 11.5 Å². The highest BCUT2D eigenvalue weighted by atomic mass is 16.6. The molecule has 0 aromatic heterocycles. The maximum Gasteiger partial charge on any atom is 0.410 e. The van der Waals surface area contributed by atoms with Crippen molar-refractivity contribution in [1.29, 1.82) is 0 Å². The summed E-state index contributed by atoms with van der Waals surface area (Å²) in [5.74, 6) is 1.16. The van der Waals surface area contributed by atoms with Crippen LogP contribution in [-0.4, -0.2) is 29.7 Å². The van der Waals surface area contributed by atoms with Gasteiger partial charge in [0.2, 0.25) is 0 Å². The molecule has 0 N–H and O–H groups in total. The fraction of sp³-hybridized carbons (Fsp3) is 0.933. The van der Waals surface area contributed by atoms with Crippen LogP contribution in [0.1, 0.15) is 54.9 Å². The lowest BCUT2D eigenvalue weighted by molar-refractivity contribution is 0.0277. The molecule has 0 aromatic rings. The highest BCUT2D eigenvalue weighted by Gasteiger charge is 2.41. The van der Waals surface area contributed by atoms with Crippen LogP contribution in [0.25, 0.3) is 0 Å². The quantitative estimate of drug-likeness (QED) is 0.710. The number of carbonyl (C=O) groups excluding carboxylic acids is 1. The van der Waals surface area contributed by atoms with E-state index in [1.54, 1.807) is 0 Å². The van der Waals surface area contributed by atoms with Crippen LogP contribution in [0, 0.1) is 17.3 Å². The zero-order chi connectivity index (χ0) is 14.1. The van der Waals surface area contributed by atoms with Crippen molar-refractivity contribution in [3.05, 3.63) is 0 Å². The lowest BCUT2D eigenvalue weighted by Gasteiger charge is -2.31. The van der Waals surface area contributed by atoms with Gasteiger partial charge in [0.15, 0.2) is 0 Å². The summed E-state index contributed by atoms with van der Waals surface area (Å²) in [6.45, 7) is 16.4. The Morgan fingerprint density at radius 3 is 2.06 bits per heavy atom. The molecule has 2 atom stereocenters. The van der Waals surface area contributed by atoms with Gasteiger partial charge in [-0.3, -0.25) is 0 Å². The van der Waals surface area contributed by atoms with Crippen molar-refractivity contribution in [2.75, 3.05) is 13.1 Å². The molecule has 0 radical (unpaired) electrons. The minimum atomic E-state index is -0.404. The van der Waals surface area contributed by atoms with E-state index in [9.17, 15) is 4.79 Å². The molecule has 0 bridgehead atoms. The first-order chi connectivity index (χ1) is 8.04. The van der Waals surface area contributed by atoms with E-state index in [1.165, 1.54) is 0 Å². The number of hydrogen-bond acceptors (Lipinski definition) is 2. The SMILES string of the molecule is CCC1CN(C(=O)OC(C)(C)C)CC1C(C)(C)C. The van der Waals surface area contributed by atoms with Gasteiger partial charge in [-0.2, -0.15) is 0 Å². The van der Waals surface area contributed by atoms with E-state index in [4.69, 9.17) is 4.74 Å². The Kier molecular flexibility index (Phi) is 4.34. The smallest absolute Gasteiger partial charge is 0.410 e. The molecule has 1 amide bonds. The number of carbonyl (C=O) groups is 1. The second-order valence-corrected chi connectivity index (χ2v) is 7.53. The maximum absolute atomic E-state index is 12.1. The lowest BCUT2D eigenvalue weighted by atomic mass is 9.74. The van der Waals surface area contributed by atoms with Gasteiger partial charge in [-0.05, 0) is 38.0 Å². The van der Waals surface area contributed by atoms with E-state index in [0.29, 0.717) is 11.8 Å². The normalized spacial score (nSPS) is 25.4. The third kappa shape index (κ3) is 3.89. The van der Waals surface area contributed by atoms with Gasteiger partial charge < -0.3 is 9.64 Å². The van der Waals surface area contributed by atoms with Crippen molar-refractivity contribution in [2.24, 2.45) is 17.3 Å². The van der Waals surface area contributed by atoms with E-state index < -0.39 is 5.60 Å². The Morgan fingerprint density at radius 1 is 1.17 bits per heavy atom. The molecular formula is C15H29NO2. The van der Waals surface area contributed by atoms with Crippen LogP contribution in [0.3, 0.4) is 0 Å². The molecule has 0 aliphatic carbocycles. The van der Waals surface area contributed by atoms with Crippen LogP contribution < -0.4 is 0 Å². The van der Waals surface area contributed by atoms with Gasteiger partial charge in [-0.1, -0.05) is 34.1 Å². The molecule has 3 heteroatoms. The number of amides is 1. The Morgan fingerprint density at radius 2 is 1.72 bits per heavy atom. The lowest BCUT2D eigenvalue weighted by Crippen LogP contribution is -2.36. The van der Waals surface area contributed by atoms with Crippen LogP contribution >= 0.6 is 0 Å². The molecular weight excluding hydrogens is 226 g/mol. The molecule has 1 aliphatic rings.